The number of ether oxygens (including phenoxy) is 1. The minimum Gasteiger partial charge on any atom is -0.497 e. The first-order chi connectivity index (χ1) is 16.0. The van der Waals surface area contributed by atoms with Crippen LogP contribution >= 0.6 is 11.3 Å². The molecule has 2 amide bonds. The van der Waals surface area contributed by atoms with Gasteiger partial charge in [-0.05, 0) is 72.7 Å². The molecule has 2 unspecified atom stereocenters. The van der Waals surface area contributed by atoms with Crippen LogP contribution in [0.5, 0.6) is 5.75 Å². The van der Waals surface area contributed by atoms with Crippen LogP contribution in [0.2, 0.25) is 0 Å². The number of amides is 2. The zero-order chi connectivity index (χ0) is 25.0. The molecule has 0 N–H and O–H groups in total. The average Bonchev–Trinajstić information content (AvgIpc) is 3.24. The lowest BCUT2D eigenvalue weighted by Crippen LogP contribution is -2.48. The number of carbonyl (C=O) groups excluding carboxylic acids is 2. The largest absolute Gasteiger partial charge is 0.497 e. The second-order valence-electron chi connectivity index (χ2n) is 11.0. The normalized spacial score (nSPS) is 16.8. The van der Waals surface area contributed by atoms with Gasteiger partial charge in [0.05, 0.1) is 13.2 Å². The van der Waals surface area contributed by atoms with Crippen molar-refractivity contribution in [2.75, 3.05) is 20.2 Å². The molecule has 0 saturated carbocycles. The summed E-state index contributed by atoms with van der Waals surface area (Å²) in [6, 6.07) is 9.93. The van der Waals surface area contributed by atoms with Crippen LogP contribution in [0.3, 0.4) is 0 Å². The summed E-state index contributed by atoms with van der Waals surface area (Å²) in [7, 11) is 1.66. The number of methoxy groups -OCH3 is 1. The van der Waals surface area contributed by atoms with E-state index in [0.29, 0.717) is 13.0 Å². The van der Waals surface area contributed by atoms with Crippen molar-refractivity contribution in [2.45, 2.75) is 72.9 Å². The molecule has 2 atom stereocenters. The molecule has 0 bridgehead atoms. The number of rotatable bonds is 8. The third-order valence-electron chi connectivity index (χ3n) is 6.45. The highest BCUT2D eigenvalue weighted by atomic mass is 32.1. The Morgan fingerprint density at radius 3 is 2.41 bits per heavy atom. The molecule has 6 heteroatoms. The summed E-state index contributed by atoms with van der Waals surface area (Å²) in [4.78, 5) is 31.9. The predicted octanol–water partition coefficient (Wildman–Crippen LogP) is 5.93. The topological polar surface area (TPSA) is 49.9 Å². The van der Waals surface area contributed by atoms with Crippen molar-refractivity contribution in [3.05, 3.63) is 51.7 Å². The molecular weight excluding hydrogens is 444 g/mol. The first-order valence-corrected chi connectivity index (χ1v) is 13.2. The molecule has 0 fully saturated rings. The van der Waals surface area contributed by atoms with Gasteiger partial charge in [0.1, 0.15) is 12.3 Å². The van der Waals surface area contributed by atoms with Crippen LogP contribution in [-0.2, 0) is 16.0 Å². The maximum absolute atomic E-state index is 13.7. The van der Waals surface area contributed by atoms with E-state index in [0.717, 1.165) is 24.2 Å². The molecule has 2 aromatic rings. The predicted molar refractivity (Wildman–Crippen MR) is 139 cm³/mol. The van der Waals surface area contributed by atoms with Crippen LogP contribution in [0, 0.1) is 11.3 Å². The zero-order valence-corrected chi connectivity index (χ0v) is 22.6. The maximum Gasteiger partial charge on any atom is 0.243 e. The summed E-state index contributed by atoms with van der Waals surface area (Å²) >= 11 is 1.75. The van der Waals surface area contributed by atoms with E-state index in [-0.39, 0.29) is 41.8 Å². The second-order valence-corrected chi connectivity index (χ2v) is 12.0. The van der Waals surface area contributed by atoms with Gasteiger partial charge in [0, 0.05) is 23.9 Å². The number of fused-ring (bicyclic) bond motifs is 1. The smallest absolute Gasteiger partial charge is 0.243 e. The fourth-order valence-corrected chi connectivity index (χ4v) is 5.96. The maximum atomic E-state index is 13.7. The van der Waals surface area contributed by atoms with Gasteiger partial charge in [-0.1, -0.05) is 39.8 Å². The quantitative estimate of drug-likeness (QED) is 0.467. The standard InChI is InChI=1S/C28H40N2O3S/c1-19(2)30(25(31)16-20(3)17-28(4,5)6)18-26(32)29-14-12-24-23(13-15-34-24)27(29)21-8-10-22(33-7)11-9-21/h8-11,13,15,19-20,27H,12,14,16-18H2,1-7H3. The monoisotopic (exact) mass is 484 g/mol. The van der Waals surface area contributed by atoms with Crippen molar-refractivity contribution in [2.24, 2.45) is 11.3 Å². The summed E-state index contributed by atoms with van der Waals surface area (Å²) in [5, 5.41) is 2.11. The highest BCUT2D eigenvalue weighted by molar-refractivity contribution is 7.10. The Balaban J connectivity index is 1.80. The number of carbonyl (C=O) groups is 2. The van der Waals surface area contributed by atoms with E-state index < -0.39 is 0 Å². The first kappa shape index (κ1) is 26.3. The molecule has 1 aliphatic rings. The third-order valence-corrected chi connectivity index (χ3v) is 7.45. The minimum absolute atomic E-state index is 0.00296. The molecule has 186 valence electrons. The van der Waals surface area contributed by atoms with E-state index in [4.69, 9.17) is 4.74 Å². The Hall–Kier alpha value is -2.34. The Morgan fingerprint density at radius 1 is 1.15 bits per heavy atom. The van der Waals surface area contributed by atoms with Crippen LogP contribution in [0.1, 0.15) is 76.4 Å². The number of benzene rings is 1. The number of thiophene rings is 1. The van der Waals surface area contributed by atoms with Gasteiger partial charge in [-0.25, -0.2) is 0 Å². The number of hydrogen-bond donors (Lipinski definition) is 0. The highest BCUT2D eigenvalue weighted by Crippen LogP contribution is 2.38. The molecule has 2 heterocycles. The lowest BCUT2D eigenvalue weighted by Gasteiger charge is -2.38. The Labute approximate surface area is 209 Å². The third kappa shape index (κ3) is 6.41. The van der Waals surface area contributed by atoms with Crippen molar-refractivity contribution in [1.29, 1.82) is 0 Å². The molecule has 1 aromatic carbocycles. The Bertz CT molecular complexity index is 974. The van der Waals surface area contributed by atoms with E-state index in [2.05, 4.69) is 39.1 Å². The molecule has 3 rings (SSSR count). The lowest BCUT2D eigenvalue weighted by atomic mass is 9.84. The van der Waals surface area contributed by atoms with Crippen LogP contribution in [0.4, 0.5) is 0 Å². The van der Waals surface area contributed by atoms with E-state index in [1.54, 1.807) is 23.3 Å². The number of nitrogens with zero attached hydrogens (tertiary/aromatic N) is 2. The van der Waals surface area contributed by atoms with Gasteiger partial charge >= 0.3 is 0 Å². The molecule has 5 nitrogen and oxygen atoms in total. The zero-order valence-electron chi connectivity index (χ0n) is 21.8. The molecule has 0 aliphatic carbocycles. The van der Waals surface area contributed by atoms with Crippen molar-refractivity contribution in [3.8, 4) is 5.75 Å². The summed E-state index contributed by atoms with van der Waals surface area (Å²) < 4.78 is 5.33. The Morgan fingerprint density at radius 2 is 1.82 bits per heavy atom. The molecule has 34 heavy (non-hydrogen) atoms. The van der Waals surface area contributed by atoms with Crippen molar-refractivity contribution in [3.63, 3.8) is 0 Å². The van der Waals surface area contributed by atoms with Gasteiger partial charge in [-0.15, -0.1) is 11.3 Å². The van der Waals surface area contributed by atoms with E-state index in [1.165, 1.54) is 10.4 Å². The minimum atomic E-state index is -0.141. The van der Waals surface area contributed by atoms with Crippen molar-refractivity contribution < 1.29 is 14.3 Å². The van der Waals surface area contributed by atoms with Gasteiger partial charge in [-0.2, -0.15) is 0 Å². The second kappa shape index (κ2) is 10.9. The van der Waals surface area contributed by atoms with Crippen molar-refractivity contribution >= 4 is 23.2 Å². The van der Waals surface area contributed by atoms with Crippen LogP contribution in [-0.4, -0.2) is 47.9 Å². The SMILES string of the molecule is COc1ccc(C2c3ccsc3CCN2C(=O)CN(C(=O)CC(C)CC(C)(C)C)C(C)C)cc1. The lowest BCUT2D eigenvalue weighted by molar-refractivity contribution is -0.143. The fraction of sp³-hybridized carbons (Fsp3) is 0.571. The van der Waals surface area contributed by atoms with Gasteiger partial charge in [0.2, 0.25) is 11.8 Å². The summed E-state index contributed by atoms with van der Waals surface area (Å²) in [6.45, 7) is 13.5. The summed E-state index contributed by atoms with van der Waals surface area (Å²) in [5.74, 6) is 1.14. The van der Waals surface area contributed by atoms with E-state index in [1.807, 2.05) is 43.0 Å². The molecule has 1 aliphatic heterocycles. The molecule has 1 aromatic heterocycles. The van der Waals surface area contributed by atoms with E-state index >= 15 is 0 Å². The number of hydrogen-bond acceptors (Lipinski definition) is 4. The van der Waals surface area contributed by atoms with Gasteiger partial charge in [-0.3, -0.25) is 9.59 Å². The Kier molecular flexibility index (Phi) is 8.45. The van der Waals surface area contributed by atoms with Crippen LogP contribution < -0.4 is 4.74 Å². The molecule has 0 spiro atoms. The summed E-state index contributed by atoms with van der Waals surface area (Å²) in [5.41, 5.74) is 2.43. The molecule has 0 saturated heterocycles. The van der Waals surface area contributed by atoms with Gasteiger partial charge < -0.3 is 14.5 Å². The highest BCUT2D eigenvalue weighted by Gasteiger charge is 2.34. The average molecular weight is 485 g/mol. The van der Waals surface area contributed by atoms with Gasteiger partial charge in [0.15, 0.2) is 0 Å². The molecular formula is C28H40N2O3S. The first-order valence-electron chi connectivity index (χ1n) is 12.3. The van der Waals surface area contributed by atoms with Crippen LogP contribution in [0.25, 0.3) is 0 Å². The van der Waals surface area contributed by atoms with Crippen LogP contribution in [0.15, 0.2) is 35.7 Å². The fourth-order valence-electron chi connectivity index (χ4n) is 5.06. The van der Waals surface area contributed by atoms with E-state index in [9.17, 15) is 9.59 Å². The van der Waals surface area contributed by atoms with Crippen molar-refractivity contribution in [1.82, 2.24) is 9.80 Å². The summed E-state index contributed by atoms with van der Waals surface area (Å²) in [6.07, 6.45) is 2.30. The van der Waals surface area contributed by atoms with Gasteiger partial charge in [0.25, 0.3) is 0 Å². The molecule has 0 radical (unpaired) electrons.